The highest BCUT2D eigenvalue weighted by atomic mass is 16.6. The van der Waals surface area contributed by atoms with Gasteiger partial charge in [-0.1, -0.05) is 30.4 Å². The lowest BCUT2D eigenvalue weighted by molar-refractivity contribution is -0.125. The van der Waals surface area contributed by atoms with Gasteiger partial charge in [-0.05, 0) is 65.5 Å². The van der Waals surface area contributed by atoms with E-state index in [0.717, 1.165) is 24.0 Å². The number of hydrogen-bond donors (Lipinski definition) is 0. The molecule has 2 amide bonds. The summed E-state index contributed by atoms with van der Waals surface area (Å²) in [5.74, 6) is -0.0506. The second-order valence-electron chi connectivity index (χ2n) is 8.35. The number of likely N-dealkylation sites (N-methyl/N-ethyl adjacent to an activating group) is 1. The summed E-state index contributed by atoms with van der Waals surface area (Å²) in [5.41, 5.74) is 3.33. The van der Waals surface area contributed by atoms with Crippen molar-refractivity contribution in [2.24, 2.45) is 0 Å². The third-order valence-corrected chi connectivity index (χ3v) is 4.64. The predicted molar refractivity (Wildman–Crippen MR) is 115 cm³/mol. The second-order valence-corrected chi connectivity index (χ2v) is 8.35. The normalized spacial score (nSPS) is 17.9. The van der Waals surface area contributed by atoms with Crippen LogP contribution in [0.5, 0.6) is 0 Å². The van der Waals surface area contributed by atoms with Crippen molar-refractivity contribution in [3.63, 3.8) is 0 Å². The Bertz CT molecular complexity index is 693. The van der Waals surface area contributed by atoms with Crippen molar-refractivity contribution in [3.8, 4) is 0 Å². The highest BCUT2D eigenvalue weighted by molar-refractivity contribution is 5.97. The van der Waals surface area contributed by atoms with Crippen LogP contribution in [-0.2, 0) is 9.53 Å². The molecule has 0 N–H and O–H groups in total. The predicted octanol–water partition coefficient (Wildman–Crippen LogP) is 4.87. The Kier molecular flexibility index (Phi) is 8.73. The van der Waals surface area contributed by atoms with Crippen molar-refractivity contribution in [1.29, 1.82) is 0 Å². The molecule has 0 bridgehead atoms. The summed E-state index contributed by atoms with van der Waals surface area (Å²) in [7, 11) is 1.80. The average Bonchev–Trinajstić information content (AvgIpc) is 2.61. The smallest absolute Gasteiger partial charge is 0.410 e. The Labute approximate surface area is 170 Å². The zero-order valence-corrected chi connectivity index (χ0v) is 18.6. The van der Waals surface area contributed by atoms with Gasteiger partial charge in [0.2, 0.25) is 0 Å². The number of likely N-dealkylation sites (tertiary alicyclic amines) is 1. The molecule has 0 atom stereocenters. The van der Waals surface area contributed by atoms with Crippen molar-refractivity contribution in [3.05, 3.63) is 47.1 Å². The number of piperidine rings is 1. The third-order valence-electron chi connectivity index (χ3n) is 4.64. The SMILES string of the molecule is C=C/C(C(=O)N(C)C/C(C)=C1/CCCN(C(=O)OC(C)(C)C)C1)=C(C)\C=C/C. The molecule has 1 aliphatic rings. The Morgan fingerprint density at radius 1 is 1.29 bits per heavy atom. The van der Waals surface area contributed by atoms with Gasteiger partial charge in [-0.3, -0.25) is 4.79 Å². The number of carbonyl (C=O) groups excluding carboxylic acids is 2. The van der Waals surface area contributed by atoms with E-state index >= 15 is 0 Å². The molecule has 1 aliphatic heterocycles. The maximum Gasteiger partial charge on any atom is 0.410 e. The third kappa shape index (κ3) is 7.02. The highest BCUT2D eigenvalue weighted by Gasteiger charge is 2.26. The van der Waals surface area contributed by atoms with Crippen molar-refractivity contribution >= 4 is 12.0 Å². The zero-order chi connectivity index (χ0) is 21.5. The molecule has 1 fully saturated rings. The molecule has 0 aromatic rings. The van der Waals surface area contributed by atoms with Gasteiger partial charge in [0, 0.05) is 32.3 Å². The van der Waals surface area contributed by atoms with Crippen LogP contribution in [-0.4, -0.2) is 54.1 Å². The van der Waals surface area contributed by atoms with Crippen LogP contribution >= 0.6 is 0 Å². The van der Waals surface area contributed by atoms with E-state index in [1.165, 1.54) is 5.57 Å². The summed E-state index contributed by atoms with van der Waals surface area (Å²) >= 11 is 0. The molecule has 28 heavy (non-hydrogen) atoms. The number of carbonyl (C=O) groups is 2. The van der Waals surface area contributed by atoms with E-state index in [1.807, 2.05) is 53.7 Å². The Morgan fingerprint density at radius 2 is 1.93 bits per heavy atom. The molecule has 156 valence electrons. The highest BCUT2D eigenvalue weighted by Crippen LogP contribution is 2.22. The molecule has 5 heteroatoms. The fourth-order valence-corrected chi connectivity index (χ4v) is 3.20. The standard InChI is InChI=1S/C23H36N2O3/c1-9-12-17(3)20(10-2)21(26)24(8)15-18(4)19-13-11-14-25(16-19)22(27)28-23(5,6)7/h9-10,12H,2,11,13-16H2,1,3-8H3/b12-9-,19-18-,20-17+. The summed E-state index contributed by atoms with van der Waals surface area (Å²) in [6.45, 7) is 17.1. The number of allylic oxidation sites excluding steroid dienone is 3. The quantitative estimate of drug-likeness (QED) is 0.383. The van der Waals surface area contributed by atoms with Crippen LogP contribution in [0.4, 0.5) is 4.79 Å². The van der Waals surface area contributed by atoms with Crippen LogP contribution in [0.2, 0.25) is 0 Å². The Hall–Kier alpha value is -2.30. The number of amides is 2. The molecule has 0 aromatic carbocycles. The van der Waals surface area contributed by atoms with Crippen LogP contribution in [0, 0.1) is 0 Å². The number of nitrogens with zero attached hydrogens (tertiary/aromatic N) is 2. The van der Waals surface area contributed by atoms with E-state index in [2.05, 4.69) is 6.58 Å². The van der Waals surface area contributed by atoms with E-state index in [-0.39, 0.29) is 12.0 Å². The summed E-state index contributed by atoms with van der Waals surface area (Å²) in [6.07, 6.45) is 7.00. The van der Waals surface area contributed by atoms with Crippen LogP contribution in [0.25, 0.3) is 0 Å². The average molecular weight is 389 g/mol. The van der Waals surface area contributed by atoms with Crippen molar-refractivity contribution < 1.29 is 14.3 Å². The van der Waals surface area contributed by atoms with Crippen LogP contribution in [0.3, 0.4) is 0 Å². The lowest BCUT2D eigenvalue weighted by atomic mass is 9.99. The largest absolute Gasteiger partial charge is 0.444 e. The fourth-order valence-electron chi connectivity index (χ4n) is 3.20. The van der Waals surface area contributed by atoms with Gasteiger partial charge in [0.25, 0.3) is 5.91 Å². The molecule has 0 saturated carbocycles. The molecule has 0 aromatic heterocycles. The molecule has 1 rings (SSSR count). The number of rotatable bonds is 5. The summed E-state index contributed by atoms with van der Waals surface area (Å²) in [4.78, 5) is 28.6. The van der Waals surface area contributed by atoms with Crippen molar-refractivity contribution in [2.45, 2.75) is 60.0 Å². The Balaban J connectivity index is 2.88. The minimum Gasteiger partial charge on any atom is -0.444 e. The van der Waals surface area contributed by atoms with Gasteiger partial charge in [-0.25, -0.2) is 4.79 Å². The first-order valence-electron chi connectivity index (χ1n) is 9.87. The first-order valence-corrected chi connectivity index (χ1v) is 9.87. The summed E-state index contributed by atoms with van der Waals surface area (Å²) < 4.78 is 5.50. The second kappa shape index (κ2) is 10.3. The van der Waals surface area contributed by atoms with Gasteiger partial charge >= 0.3 is 6.09 Å². The van der Waals surface area contributed by atoms with Gasteiger partial charge in [0.05, 0.1) is 0 Å². The van der Waals surface area contributed by atoms with E-state index < -0.39 is 5.60 Å². The van der Waals surface area contributed by atoms with Gasteiger partial charge in [-0.2, -0.15) is 0 Å². The molecule has 5 nitrogen and oxygen atoms in total. The summed E-state index contributed by atoms with van der Waals surface area (Å²) in [6, 6.07) is 0. The van der Waals surface area contributed by atoms with Crippen LogP contribution in [0.15, 0.2) is 47.1 Å². The van der Waals surface area contributed by atoms with E-state index in [0.29, 0.717) is 25.2 Å². The van der Waals surface area contributed by atoms with E-state index in [9.17, 15) is 9.59 Å². The molecular weight excluding hydrogens is 352 g/mol. The van der Waals surface area contributed by atoms with Crippen molar-refractivity contribution in [2.75, 3.05) is 26.7 Å². The topological polar surface area (TPSA) is 49.9 Å². The fraction of sp³-hybridized carbons (Fsp3) is 0.565. The molecule has 1 saturated heterocycles. The van der Waals surface area contributed by atoms with Gasteiger partial charge < -0.3 is 14.5 Å². The van der Waals surface area contributed by atoms with Gasteiger partial charge in [0.1, 0.15) is 5.60 Å². The molecule has 0 aliphatic carbocycles. The van der Waals surface area contributed by atoms with E-state index in [4.69, 9.17) is 4.74 Å². The number of hydrogen-bond acceptors (Lipinski definition) is 3. The van der Waals surface area contributed by atoms with Gasteiger partial charge in [-0.15, -0.1) is 0 Å². The number of ether oxygens (including phenoxy) is 1. The van der Waals surface area contributed by atoms with Crippen LogP contribution < -0.4 is 0 Å². The van der Waals surface area contributed by atoms with Crippen molar-refractivity contribution in [1.82, 2.24) is 9.80 Å². The van der Waals surface area contributed by atoms with Gasteiger partial charge in [0.15, 0.2) is 0 Å². The molecule has 0 unspecified atom stereocenters. The minimum atomic E-state index is -0.502. The van der Waals surface area contributed by atoms with E-state index in [1.54, 1.807) is 22.9 Å². The monoisotopic (exact) mass is 388 g/mol. The maximum atomic E-state index is 12.8. The molecule has 0 radical (unpaired) electrons. The lowest BCUT2D eigenvalue weighted by Crippen LogP contribution is -2.41. The molecule has 0 spiro atoms. The maximum absolute atomic E-state index is 12.8. The first-order chi connectivity index (χ1) is 13.0. The molecular formula is C23H36N2O3. The minimum absolute atomic E-state index is 0.0506. The summed E-state index contributed by atoms with van der Waals surface area (Å²) in [5, 5.41) is 0. The molecule has 1 heterocycles. The zero-order valence-electron chi connectivity index (χ0n) is 18.6. The first kappa shape index (κ1) is 23.7. The Morgan fingerprint density at radius 3 is 2.46 bits per heavy atom. The lowest BCUT2D eigenvalue weighted by Gasteiger charge is -2.32. The van der Waals surface area contributed by atoms with Crippen LogP contribution in [0.1, 0.15) is 54.4 Å².